The maximum atomic E-state index is 14.2. The van der Waals surface area contributed by atoms with E-state index in [4.69, 9.17) is 0 Å². The zero-order valence-electron chi connectivity index (χ0n) is 13.0. The van der Waals surface area contributed by atoms with E-state index in [0.29, 0.717) is 6.92 Å². The van der Waals surface area contributed by atoms with Crippen LogP contribution in [0.1, 0.15) is 20.8 Å². The first-order valence-electron chi connectivity index (χ1n) is 6.37. The summed E-state index contributed by atoms with van der Waals surface area (Å²) in [4.78, 5) is 34.5. The van der Waals surface area contributed by atoms with Crippen molar-refractivity contribution in [1.82, 2.24) is 0 Å². The van der Waals surface area contributed by atoms with E-state index in [1.165, 1.54) is 6.92 Å². The van der Waals surface area contributed by atoms with Crippen LogP contribution >= 0.6 is 0 Å². The van der Waals surface area contributed by atoms with Gasteiger partial charge in [0.25, 0.3) is 5.60 Å². The highest BCUT2D eigenvalue weighted by molar-refractivity contribution is 5.95. The lowest BCUT2D eigenvalue weighted by atomic mass is 9.97. The predicted octanol–water partition coefficient (Wildman–Crippen LogP) is 2.17. The maximum absolute atomic E-state index is 14.2. The van der Waals surface area contributed by atoms with Gasteiger partial charge in [-0.15, -0.1) is 0 Å². The highest BCUT2D eigenvalue weighted by atomic mass is 19.4. The van der Waals surface area contributed by atoms with Crippen LogP contribution in [0.2, 0.25) is 0 Å². The zero-order valence-corrected chi connectivity index (χ0v) is 13.0. The number of hydrogen-bond donors (Lipinski definition) is 0. The van der Waals surface area contributed by atoms with E-state index in [0.717, 1.165) is 6.92 Å². The summed E-state index contributed by atoms with van der Waals surface area (Å²) in [6, 6.07) is 0. The second-order valence-electron chi connectivity index (χ2n) is 4.69. The molecule has 138 valence electrons. The van der Waals surface area contributed by atoms with Crippen LogP contribution in [0.15, 0.2) is 12.2 Å². The standard InChI is InChI=1S/C13H15F5O6/c1-5-22-9(20)11(4,24-8(19)7(2)3)13(17,18)10(21)23-6-12(14,15)16/h2,5-6H2,1,3-4H3/t11-/m0/s1. The fourth-order valence-electron chi connectivity index (χ4n) is 1.21. The van der Waals surface area contributed by atoms with Gasteiger partial charge in [-0.25, -0.2) is 14.4 Å². The molecule has 0 aliphatic heterocycles. The van der Waals surface area contributed by atoms with E-state index in [9.17, 15) is 36.3 Å². The first-order chi connectivity index (χ1) is 10.7. The van der Waals surface area contributed by atoms with E-state index in [-0.39, 0.29) is 0 Å². The summed E-state index contributed by atoms with van der Waals surface area (Å²) in [6.07, 6.45) is -5.07. The Labute approximate surface area is 133 Å². The molecule has 11 heteroatoms. The SMILES string of the molecule is C=C(C)C(=O)O[C@@](C)(C(=O)OCC)C(F)(F)C(=O)OCC(F)(F)F. The second-order valence-corrected chi connectivity index (χ2v) is 4.69. The molecule has 6 nitrogen and oxygen atoms in total. The van der Waals surface area contributed by atoms with Gasteiger partial charge in [0, 0.05) is 5.57 Å². The molecular weight excluding hydrogens is 347 g/mol. The molecule has 0 rings (SSSR count). The van der Waals surface area contributed by atoms with E-state index >= 15 is 0 Å². The second kappa shape index (κ2) is 7.58. The molecule has 0 radical (unpaired) electrons. The Hall–Kier alpha value is -2.20. The third-order valence-electron chi connectivity index (χ3n) is 2.53. The van der Waals surface area contributed by atoms with Crippen molar-refractivity contribution in [2.45, 2.75) is 38.5 Å². The summed E-state index contributed by atoms with van der Waals surface area (Å²) < 4.78 is 76.4. The number of ether oxygens (including phenoxy) is 3. The first kappa shape index (κ1) is 21.8. The summed E-state index contributed by atoms with van der Waals surface area (Å²) in [5.74, 6) is -11.0. The number of carbonyl (C=O) groups excluding carboxylic acids is 3. The van der Waals surface area contributed by atoms with Gasteiger partial charge in [-0.2, -0.15) is 22.0 Å². The van der Waals surface area contributed by atoms with Crippen LogP contribution in [0.3, 0.4) is 0 Å². The summed E-state index contributed by atoms with van der Waals surface area (Å²) in [5, 5.41) is 0. The minimum absolute atomic E-state index is 0.320. The van der Waals surface area contributed by atoms with E-state index < -0.39 is 54.4 Å². The van der Waals surface area contributed by atoms with E-state index in [1.54, 1.807) is 0 Å². The predicted molar refractivity (Wildman–Crippen MR) is 67.9 cm³/mol. The van der Waals surface area contributed by atoms with Crippen LogP contribution in [0.25, 0.3) is 0 Å². The summed E-state index contributed by atoms with van der Waals surface area (Å²) in [5.41, 5.74) is -3.94. The van der Waals surface area contributed by atoms with Gasteiger partial charge >= 0.3 is 30.0 Å². The van der Waals surface area contributed by atoms with Crippen molar-refractivity contribution in [3.05, 3.63) is 12.2 Å². The van der Waals surface area contributed by atoms with Crippen molar-refractivity contribution in [2.24, 2.45) is 0 Å². The summed E-state index contributed by atoms with van der Waals surface area (Å²) >= 11 is 0. The van der Waals surface area contributed by atoms with Crippen molar-refractivity contribution in [3.8, 4) is 0 Å². The summed E-state index contributed by atoms with van der Waals surface area (Å²) in [7, 11) is 0. The molecule has 0 bridgehead atoms. The average molecular weight is 362 g/mol. The largest absolute Gasteiger partial charge is 0.463 e. The smallest absolute Gasteiger partial charge is 0.422 e. The lowest BCUT2D eigenvalue weighted by molar-refractivity contribution is -0.238. The van der Waals surface area contributed by atoms with Crippen molar-refractivity contribution in [1.29, 1.82) is 0 Å². The van der Waals surface area contributed by atoms with E-state index in [2.05, 4.69) is 20.8 Å². The Morgan fingerprint density at radius 2 is 1.50 bits per heavy atom. The Morgan fingerprint density at radius 3 is 1.88 bits per heavy atom. The van der Waals surface area contributed by atoms with Gasteiger partial charge in [-0.3, -0.25) is 0 Å². The number of carbonyl (C=O) groups is 3. The van der Waals surface area contributed by atoms with Gasteiger partial charge in [-0.05, 0) is 20.8 Å². The molecule has 0 amide bonds. The Balaban J connectivity index is 5.66. The zero-order chi connectivity index (χ0) is 19.3. The van der Waals surface area contributed by atoms with Crippen molar-refractivity contribution in [3.63, 3.8) is 0 Å². The maximum Gasteiger partial charge on any atom is 0.422 e. The van der Waals surface area contributed by atoms with Crippen LogP contribution in [-0.4, -0.2) is 48.8 Å². The third kappa shape index (κ3) is 5.17. The summed E-state index contributed by atoms with van der Waals surface area (Å²) in [6.45, 7) is 2.99. The number of hydrogen-bond acceptors (Lipinski definition) is 6. The molecule has 0 saturated carbocycles. The first-order valence-corrected chi connectivity index (χ1v) is 6.37. The minimum atomic E-state index is -5.07. The van der Waals surface area contributed by atoms with Gasteiger partial charge in [-0.1, -0.05) is 6.58 Å². The number of esters is 3. The molecule has 0 spiro atoms. The molecule has 0 aliphatic carbocycles. The van der Waals surface area contributed by atoms with Gasteiger partial charge in [0.15, 0.2) is 6.61 Å². The molecule has 0 aromatic carbocycles. The quantitative estimate of drug-likeness (QED) is 0.299. The van der Waals surface area contributed by atoms with Gasteiger partial charge in [0.1, 0.15) is 0 Å². The van der Waals surface area contributed by atoms with Crippen LogP contribution in [0, 0.1) is 0 Å². The molecule has 0 unspecified atom stereocenters. The molecule has 0 aromatic rings. The fraction of sp³-hybridized carbons (Fsp3) is 0.615. The molecule has 0 heterocycles. The highest BCUT2D eigenvalue weighted by Gasteiger charge is 2.66. The Morgan fingerprint density at radius 1 is 1.00 bits per heavy atom. The van der Waals surface area contributed by atoms with Crippen LogP contribution in [0.5, 0.6) is 0 Å². The molecule has 0 aliphatic rings. The molecule has 0 saturated heterocycles. The number of alkyl halides is 5. The van der Waals surface area contributed by atoms with Crippen LogP contribution in [-0.2, 0) is 28.6 Å². The third-order valence-corrected chi connectivity index (χ3v) is 2.53. The fourth-order valence-corrected chi connectivity index (χ4v) is 1.21. The molecule has 0 aromatic heterocycles. The number of halogens is 5. The molecule has 24 heavy (non-hydrogen) atoms. The molecule has 1 atom stereocenters. The molecule has 0 fully saturated rings. The molecule has 0 N–H and O–H groups in total. The Bertz CT molecular complexity index is 527. The number of rotatable bonds is 7. The van der Waals surface area contributed by atoms with Gasteiger partial charge in [0.2, 0.25) is 0 Å². The van der Waals surface area contributed by atoms with E-state index in [1.807, 2.05) is 0 Å². The van der Waals surface area contributed by atoms with Crippen molar-refractivity contribution in [2.75, 3.05) is 13.2 Å². The topological polar surface area (TPSA) is 78.9 Å². The lowest BCUT2D eigenvalue weighted by Crippen LogP contribution is -2.60. The Kier molecular flexibility index (Phi) is 6.88. The van der Waals surface area contributed by atoms with Crippen LogP contribution in [0.4, 0.5) is 22.0 Å². The monoisotopic (exact) mass is 362 g/mol. The van der Waals surface area contributed by atoms with Crippen molar-refractivity contribution >= 4 is 17.9 Å². The lowest BCUT2D eigenvalue weighted by Gasteiger charge is -2.32. The van der Waals surface area contributed by atoms with Gasteiger partial charge in [0.05, 0.1) is 6.61 Å². The average Bonchev–Trinajstić information content (AvgIpc) is 2.43. The van der Waals surface area contributed by atoms with Crippen molar-refractivity contribution < 1.29 is 50.5 Å². The van der Waals surface area contributed by atoms with Crippen LogP contribution < -0.4 is 0 Å². The minimum Gasteiger partial charge on any atom is -0.463 e. The molecular formula is C13H15F5O6. The highest BCUT2D eigenvalue weighted by Crippen LogP contribution is 2.36. The van der Waals surface area contributed by atoms with Gasteiger partial charge < -0.3 is 14.2 Å². The normalized spacial score (nSPS) is 14.3.